The molecule has 1 aliphatic rings. The molecular weight excluding hydrogens is 300 g/mol. The second kappa shape index (κ2) is 6.17. The summed E-state index contributed by atoms with van der Waals surface area (Å²) in [7, 11) is 0. The number of aryl methyl sites for hydroxylation is 1. The Kier molecular flexibility index (Phi) is 3.86. The molecule has 1 aromatic carbocycles. The van der Waals surface area contributed by atoms with E-state index in [-0.39, 0.29) is 0 Å². The lowest BCUT2D eigenvalue weighted by molar-refractivity contribution is 0.0985. The molecule has 4 rings (SSSR count). The van der Waals surface area contributed by atoms with Gasteiger partial charge in [-0.2, -0.15) is 0 Å². The van der Waals surface area contributed by atoms with Crippen molar-refractivity contribution >= 4 is 16.7 Å². The molecule has 0 saturated carbocycles. The number of rotatable bonds is 2. The molecule has 122 valence electrons. The minimum Gasteiger partial charge on any atom is -0.377 e. The Bertz CT molecular complexity index is 863. The highest BCUT2D eigenvalue weighted by Gasteiger charge is 2.20. The minimum absolute atomic E-state index is 0.344. The fraction of sp³-hybridized carbons (Fsp3) is 0.316. The van der Waals surface area contributed by atoms with Crippen molar-refractivity contribution in [1.82, 2.24) is 15.0 Å². The largest absolute Gasteiger partial charge is 0.377 e. The number of morpholine rings is 1. The smallest absolute Gasteiger partial charge is 0.161 e. The Hall–Kier alpha value is -2.53. The lowest BCUT2D eigenvalue weighted by atomic mass is 10.1. The number of para-hydroxylation sites is 1. The highest BCUT2D eigenvalue weighted by Crippen LogP contribution is 2.23. The predicted octanol–water partition coefficient (Wildman–Crippen LogP) is 3.23. The summed E-state index contributed by atoms with van der Waals surface area (Å²) < 4.78 is 5.49. The SMILES string of the molecule is Cc1nc(-c2ccc(N3CCOC[C@@H]3C)nc2)nc2ccccc12. The molecule has 1 saturated heterocycles. The van der Waals surface area contributed by atoms with Crippen molar-refractivity contribution in [2.75, 3.05) is 24.7 Å². The van der Waals surface area contributed by atoms with Crippen molar-refractivity contribution in [2.45, 2.75) is 19.9 Å². The van der Waals surface area contributed by atoms with Gasteiger partial charge >= 0.3 is 0 Å². The van der Waals surface area contributed by atoms with Gasteiger partial charge in [-0.15, -0.1) is 0 Å². The van der Waals surface area contributed by atoms with E-state index in [2.05, 4.69) is 32.8 Å². The quantitative estimate of drug-likeness (QED) is 0.725. The van der Waals surface area contributed by atoms with E-state index in [1.807, 2.05) is 43.5 Å². The standard InChI is InChI=1S/C19H20N4O/c1-13-12-24-10-9-23(13)18-8-7-15(11-20-18)19-21-14(2)16-5-3-4-6-17(16)22-19/h3-8,11,13H,9-10,12H2,1-2H3/t13-/m0/s1. The van der Waals surface area contributed by atoms with Crippen LogP contribution in [0.25, 0.3) is 22.3 Å². The molecule has 3 aromatic rings. The third-order valence-electron chi connectivity index (χ3n) is 4.46. The molecule has 0 N–H and O–H groups in total. The van der Waals surface area contributed by atoms with Crippen molar-refractivity contribution < 1.29 is 4.74 Å². The molecule has 1 aliphatic heterocycles. The van der Waals surface area contributed by atoms with Crippen molar-refractivity contribution in [3.63, 3.8) is 0 Å². The Morgan fingerprint density at radius 3 is 2.79 bits per heavy atom. The van der Waals surface area contributed by atoms with Gasteiger partial charge in [-0.1, -0.05) is 18.2 Å². The van der Waals surface area contributed by atoms with Gasteiger partial charge in [-0.3, -0.25) is 0 Å². The molecule has 24 heavy (non-hydrogen) atoms. The van der Waals surface area contributed by atoms with Gasteiger partial charge in [-0.05, 0) is 32.0 Å². The summed E-state index contributed by atoms with van der Waals surface area (Å²) in [6.07, 6.45) is 1.86. The van der Waals surface area contributed by atoms with E-state index in [4.69, 9.17) is 4.74 Å². The molecule has 0 radical (unpaired) electrons. The molecule has 3 heterocycles. The zero-order chi connectivity index (χ0) is 16.5. The van der Waals surface area contributed by atoms with Gasteiger partial charge in [-0.25, -0.2) is 15.0 Å². The van der Waals surface area contributed by atoms with Crippen molar-refractivity contribution in [2.24, 2.45) is 0 Å². The second-order valence-corrected chi connectivity index (χ2v) is 6.17. The van der Waals surface area contributed by atoms with E-state index in [0.29, 0.717) is 6.04 Å². The monoisotopic (exact) mass is 320 g/mol. The predicted molar refractivity (Wildman–Crippen MR) is 95.1 cm³/mol. The molecule has 1 fully saturated rings. The summed E-state index contributed by atoms with van der Waals surface area (Å²) in [5.41, 5.74) is 2.89. The van der Waals surface area contributed by atoms with Gasteiger partial charge in [0.15, 0.2) is 5.82 Å². The van der Waals surface area contributed by atoms with Gasteiger partial charge in [0.1, 0.15) is 5.82 Å². The summed E-state index contributed by atoms with van der Waals surface area (Å²) in [5, 5.41) is 1.09. The summed E-state index contributed by atoms with van der Waals surface area (Å²) in [6, 6.07) is 12.5. The summed E-state index contributed by atoms with van der Waals surface area (Å²) in [4.78, 5) is 16.2. The first kappa shape index (κ1) is 15.0. The summed E-state index contributed by atoms with van der Waals surface area (Å²) >= 11 is 0. The fourth-order valence-corrected chi connectivity index (χ4v) is 3.12. The first-order valence-electron chi connectivity index (χ1n) is 8.26. The molecular formula is C19H20N4O. The zero-order valence-corrected chi connectivity index (χ0v) is 13.9. The number of ether oxygens (including phenoxy) is 1. The first-order chi connectivity index (χ1) is 11.7. The van der Waals surface area contributed by atoms with E-state index < -0.39 is 0 Å². The number of hydrogen-bond donors (Lipinski definition) is 0. The van der Waals surface area contributed by atoms with Gasteiger partial charge in [0, 0.05) is 29.4 Å². The third-order valence-corrected chi connectivity index (χ3v) is 4.46. The van der Waals surface area contributed by atoms with E-state index in [1.165, 1.54) is 0 Å². The number of nitrogens with zero attached hydrogens (tertiary/aromatic N) is 4. The van der Waals surface area contributed by atoms with Gasteiger partial charge in [0.05, 0.1) is 24.8 Å². The molecule has 0 bridgehead atoms. The van der Waals surface area contributed by atoms with Gasteiger partial charge < -0.3 is 9.64 Å². The highest BCUT2D eigenvalue weighted by atomic mass is 16.5. The Balaban J connectivity index is 1.67. The number of fused-ring (bicyclic) bond motifs is 1. The zero-order valence-electron chi connectivity index (χ0n) is 13.9. The second-order valence-electron chi connectivity index (χ2n) is 6.17. The molecule has 0 aliphatic carbocycles. The number of pyridine rings is 1. The highest BCUT2D eigenvalue weighted by molar-refractivity contribution is 5.82. The van der Waals surface area contributed by atoms with E-state index in [0.717, 1.165) is 53.6 Å². The molecule has 0 amide bonds. The normalized spacial score (nSPS) is 18.1. The Morgan fingerprint density at radius 2 is 2.00 bits per heavy atom. The van der Waals surface area contributed by atoms with Crippen molar-refractivity contribution in [3.05, 3.63) is 48.3 Å². The van der Waals surface area contributed by atoms with Crippen LogP contribution in [-0.2, 0) is 4.74 Å². The first-order valence-corrected chi connectivity index (χ1v) is 8.26. The lowest BCUT2D eigenvalue weighted by Gasteiger charge is -2.34. The van der Waals surface area contributed by atoms with Crippen LogP contribution in [0.4, 0.5) is 5.82 Å². The van der Waals surface area contributed by atoms with Crippen LogP contribution in [0.2, 0.25) is 0 Å². The average molecular weight is 320 g/mol. The number of anilines is 1. The van der Waals surface area contributed by atoms with Crippen LogP contribution in [0.15, 0.2) is 42.6 Å². The molecule has 0 unspecified atom stereocenters. The Labute approximate surface area is 141 Å². The van der Waals surface area contributed by atoms with Crippen molar-refractivity contribution in [3.8, 4) is 11.4 Å². The average Bonchev–Trinajstić information content (AvgIpc) is 2.62. The van der Waals surface area contributed by atoms with Crippen LogP contribution >= 0.6 is 0 Å². The van der Waals surface area contributed by atoms with Gasteiger partial charge in [0.25, 0.3) is 0 Å². The summed E-state index contributed by atoms with van der Waals surface area (Å²) in [6.45, 7) is 6.55. The number of benzene rings is 1. The number of aromatic nitrogens is 3. The lowest BCUT2D eigenvalue weighted by Crippen LogP contribution is -2.44. The maximum absolute atomic E-state index is 5.49. The maximum atomic E-state index is 5.49. The molecule has 0 spiro atoms. The van der Waals surface area contributed by atoms with Crippen LogP contribution in [0.3, 0.4) is 0 Å². The number of hydrogen-bond acceptors (Lipinski definition) is 5. The molecule has 5 heteroatoms. The molecule has 5 nitrogen and oxygen atoms in total. The topological polar surface area (TPSA) is 51.1 Å². The third kappa shape index (κ3) is 2.71. The fourth-order valence-electron chi connectivity index (χ4n) is 3.12. The minimum atomic E-state index is 0.344. The van der Waals surface area contributed by atoms with E-state index >= 15 is 0 Å². The Morgan fingerprint density at radius 1 is 1.12 bits per heavy atom. The van der Waals surface area contributed by atoms with Crippen LogP contribution in [-0.4, -0.2) is 40.8 Å². The van der Waals surface area contributed by atoms with E-state index in [1.54, 1.807) is 0 Å². The molecule has 1 atom stereocenters. The van der Waals surface area contributed by atoms with Gasteiger partial charge in [0.2, 0.25) is 0 Å². The van der Waals surface area contributed by atoms with Crippen LogP contribution in [0.1, 0.15) is 12.6 Å². The maximum Gasteiger partial charge on any atom is 0.161 e. The molecule has 2 aromatic heterocycles. The van der Waals surface area contributed by atoms with Crippen LogP contribution in [0.5, 0.6) is 0 Å². The van der Waals surface area contributed by atoms with Crippen LogP contribution in [0, 0.1) is 6.92 Å². The van der Waals surface area contributed by atoms with Crippen molar-refractivity contribution in [1.29, 1.82) is 0 Å². The van der Waals surface area contributed by atoms with E-state index in [9.17, 15) is 0 Å². The summed E-state index contributed by atoms with van der Waals surface area (Å²) in [5.74, 6) is 1.70. The van der Waals surface area contributed by atoms with Crippen LogP contribution < -0.4 is 4.90 Å².